The van der Waals surface area contributed by atoms with E-state index in [4.69, 9.17) is 9.47 Å². The quantitative estimate of drug-likeness (QED) is 0.370. The molecule has 0 radical (unpaired) electrons. The molecule has 0 spiro atoms. The maximum atomic E-state index is 14.8. The van der Waals surface area contributed by atoms with E-state index < -0.39 is 7.14 Å². The molecule has 0 aliphatic carbocycles. The Balaban J connectivity index is 1.75. The number of rotatable bonds is 1. The zero-order valence-electron chi connectivity index (χ0n) is 15.6. The van der Waals surface area contributed by atoms with Crippen LogP contribution in [0.3, 0.4) is 0 Å². The van der Waals surface area contributed by atoms with Crippen molar-refractivity contribution in [2.24, 2.45) is 0 Å². The maximum Gasteiger partial charge on any atom is 0.185 e. The van der Waals surface area contributed by atoms with Crippen LogP contribution in [0.15, 0.2) is 79.1 Å². The highest BCUT2D eigenvalue weighted by atomic mass is 31.2. The molecule has 5 heteroatoms. The number of fused-ring (bicyclic) bond motifs is 4. The molecule has 0 bridgehead atoms. The summed E-state index contributed by atoms with van der Waals surface area (Å²) >= 11 is 0. The molecule has 0 N–H and O–H groups in total. The molecule has 1 atom stereocenters. The third kappa shape index (κ3) is 2.15. The molecule has 3 aromatic carbocycles. The van der Waals surface area contributed by atoms with Crippen LogP contribution in [-0.4, -0.2) is 4.98 Å². The predicted molar refractivity (Wildman–Crippen MR) is 114 cm³/mol. The Hall–Kier alpha value is -3.36. The Morgan fingerprint density at radius 2 is 1.45 bits per heavy atom. The SMILES string of the molecule is Cc1cnccc1-c1ccc2c3c1Oc1ccccc1P3(=O)c1ccccc1O2. The summed E-state index contributed by atoms with van der Waals surface area (Å²) in [6.07, 6.45) is 3.58. The van der Waals surface area contributed by atoms with Crippen LogP contribution in [0.4, 0.5) is 0 Å². The van der Waals surface area contributed by atoms with E-state index in [0.29, 0.717) is 38.9 Å². The Morgan fingerprint density at radius 3 is 2.17 bits per heavy atom. The van der Waals surface area contributed by atoms with Gasteiger partial charge in [-0.2, -0.15) is 0 Å². The molecule has 0 saturated heterocycles. The fourth-order valence-corrected chi connectivity index (χ4v) is 7.31. The summed E-state index contributed by atoms with van der Waals surface area (Å²) in [5.41, 5.74) is 2.92. The van der Waals surface area contributed by atoms with Gasteiger partial charge in [-0.25, -0.2) is 0 Å². The molecule has 0 fully saturated rings. The first-order valence-corrected chi connectivity index (χ1v) is 11.1. The second-order valence-corrected chi connectivity index (χ2v) is 9.86. The van der Waals surface area contributed by atoms with Gasteiger partial charge in [0, 0.05) is 18.0 Å². The van der Waals surface area contributed by atoms with Gasteiger partial charge in [-0.05, 0) is 60.5 Å². The maximum absolute atomic E-state index is 14.8. The van der Waals surface area contributed by atoms with Gasteiger partial charge in [0.15, 0.2) is 7.14 Å². The third-order valence-electron chi connectivity index (χ3n) is 5.56. The van der Waals surface area contributed by atoms with Gasteiger partial charge >= 0.3 is 0 Å². The van der Waals surface area contributed by atoms with E-state index in [1.54, 1.807) is 6.20 Å². The minimum atomic E-state index is -3.14. The van der Waals surface area contributed by atoms with Crippen LogP contribution in [0.1, 0.15) is 5.56 Å². The lowest BCUT2D eigenvalue weighted by Crippen LogP contribution is -2.35. The average molecular weight is 397 g/mol. The highest BCUT2D eigenvalue weighted by Crippen LogP contribution is 2.59. The van der Waals surface area contributed by atoms with Crippen molar-refractivity contribution >= 4 is 23.1 Å². The number of aryl methyl sites for hydroxylation is 1. The fourth-order valence-electron chi connectivity index (χ4n) is 4.23. The van der Waals surface area contributed by atoms with E-state index in [-0.39, 0.29) is 0 Å². The first-order valence-electron chi connectivity index (χ1n) is 9.41. The Labute approximate surface area is 168 Å². The smallest absolute Gasteiger partial charge is 0.185 e. The second kappa shape index (κ2) is 5.82. The number of benzene rings is 3. The summed E-state index contributed by atoms with van der Waals surface area (Å²) in [6.45, 7) is 2.01. The van der Waals surface area contributed by atoms with Crippen LogP contribution in [0.25, 0.3) is 11.1 Å². The normalized spacial score (nSPS) is 18.0. The van der Waals surface area contributed by atoms with Gasteiger partial charge in [0.25, 0.3) is 0 Å². The molecule has 1 aromatic heterocycles. The molecular weight excluding hydrogens is 381 g/mol. The van der Waals surface area contributed by atoms with Crippen LogP contribution >= 0.6 is 7.14 Å². The number of hydrogen-bond donors (Lipinski definition) is 0. The van der Waals surface area contributed by atoms with E-state index >= 15 is 0 Å². The molecule has 4 nitrogen and oxygen atoms in total. The van der Waals surface area contributed by atoms with E-state index in [2.05, 4.69) is 4.98 Å². The summed E-state index contributed by atoms with van der Waals surface area (Å²) in [5.74, 6) is 2.46. The number of nitrogens with zero attached hydrogens (tertiary/aromatic N) is 1. The number of aromatic nitrogens is 1. The van der Waals surface area contributed by atoms with Crippen LogP contribution in [0.2, 0.25) is 0 Å². The molecule has 2 aliphatic rings. The van der Waals surface area contributed by atoms with Crippen molar-refractivity contribution in [2.75, 3.05) is 0 Å². The first kappa shape index (κ1) is 16.6. The van der Waals surface area contributed by atoms with Crippen LogP contribution in [0, 0.1) is 6.92 Å². The predicted octanol–water partition coefficient (Wildman–Crippen LogP) is 4.91. The molecule has 29 heavy (non-hydrogen) atoms. The average Bonchev–Trinajstić information content (AvgIpc) is 2.75. The Bertz CT molecular complexity index is 1350. The lowest BCUT2D eigenvalue weighted by Gasteiger charge is -2.35. The van der Waals surface area contributed by atoms with Crippen molar-refractivity contribution in [3.63, 3.8) is 0 Å². The molecule has 6 rings (SSSR count). The van der Waals surface area contributed by atoms with Gasteiger partial charge in [-0.1, -0.05) is 24.3 Å². The van der Waals surface area contributed by atoms with Crippen molar-refractivity contribution in [3.8, 4) is 34.1 Å². The highest BCUT2D eigenvalue weighted by Gasteiger charge is 2.46. The second-order valence-electron chi connectivity index (χ2n) is 7.23. The molecule has 0 amide bonds. The van der Waals surface area contributed by atoms with Gasteiger partial charge in [0.1, 0.15) is 28.3 Å². The van der Waals surface area contributed by atoms with Crippen LogP contribution in [0.5, 0.6) is 23.0 Å². The molecule has 3 heterocycles. The third-order valence-corrected chi connectivity index (χ3v) is 8.71. The van der Waals surface area contributed by atoms with E-state index in [1.165, 1.54) is 0 Å². The van der Waals surface area contributed by atoms with Crippen molar-refractivity contribution < 1.29 is 14.0 Å². The molecule has 2 aliphatic heterocycles. The van der Waals surface area contributed by atoms with Gasteiger partial charge < -0.3 is 14.0 Å². The molecular formula is C24H16NO3P. The Morgan fingerprint density at radius 1 is 0.759 bits per heavy atom. The summed E-state index contributed by atoms with van der Waals surface area (Å²) in [4.78, 5) is 4.20. The summed E-state index contributed by atoms with van der Waals surface area (Å²) < 4.78 is 27.4. The van der Waals surface area contributed by atoms with Crippen LogP contribution < -0.4 is 25.4 Å². The van der Waals surface area contributed by atoms with E-state index in [0.717, 1.165) is 16.7 Å². The van der Waals surface area contributed by atoms with Gasteiger partial charge in [0.2, 0.25) is 0 Å². The van der Waals surface area contributed by atoms with Crippen molar-refractivity contribution in [3.05, 3.63) is 84.7 Å². The standard InChI is InChI=1S/C24H16NO3P/c1-15-14-25-13-12-16(15)17-10-11-20-24-23(17)28-19-7-3-5-9-22(19)29(24,26)21-8-4-2-6-18(21)27-20/h2-14H,1H3. The zero-order valence-corrected chi connectivity index (χ0v) is 16.5. The lowest BCUT2D eigenvalue weighted by molar-refractivity contribution is 0.462. The van der Waals surface area contributed by atoms with Crippen molar-refractivity contribution in [1.82, 2.24) is 4.98 Å². The molecule has 1 unspecified atom stereocenters. The number of pyridine rings is 1. The number of hydrogen-bond acceptors (Lipinski definition) is 4. The first-order chi connectivity index (χ1) is 14.2. The van der Waals surface area contributed by atoms with Crippen molar-refractivity contribution in [2.45, 2.75) is 6.92 Å². The van der Waals surface area contributed by atoms with E-state index in [1.807, 2.05) is 79.9 Å². The van der Waals surface area contributed by atoms with Gasteiger partial charge in [-0.3, -0.25) is 4.98 Å². The largest absolute Gasteiger partial charge is 0.456 e. The topological polar surface area (TPSA) is 48.4 Å². The lowest BCUT2D eigenvalue weighted by atomic mass is 10.0. The number of para-hydroxylation sites is 2. The minimum Gasteiger partial charge on any atom is -0.456 e. The van der Waals surface area contributed by atoms with Crippen LogP contribution in [-0.2, 0) is 4.57 Å². The summed E-state index contributed by atoms with van der Waals surface area (Å²) in [5, 5.41) is 2.07. The number of ether oxygens (including phenoxy) is 2. The van der Waals surface area contributed by atoms with Crippen molar-refractivity contribution in [1.29, 1.82) is 0 Å². The molecule has 0 saturated carbocycles. The molecule has 140 valence electrons. The highest BCUT2D eigenvalue weighted by molar-refractivity contribution is 7.86. The van der Waals surface area contributed by atoms with Gasteiger partial charge in [0.05, 0.1) is 10.6 Å². The summed E-state index contributed by atoms with van der Waals surface area (Å²) in [7, 11) is -3.14. The monoisotopic (exact) mass is 397 g/mol. The van der Waals surface area contributed by atoms with E-state index in [9.17, 15) is 4.57 Å². The molecule has 4 aromatic rings. The summed E-state index contributed by atoms with van der Waals surface area (Å²) in [6, 6.07) is 21.0. The van der Waals surface area contributed by atoms with Gasteiger partial charge in [-0.15, -0.1) is 0 Å². The zero-order chi connectivity index (χ0) is 19.6. The Kier molecular flexibility index (Phi) is 3.33. The minimum absolute atomic E-state index is 0.590. The fraction of sp³-hybridized carbons (Fsp3) is 0.0417.